The van der Waals surface area contributed by atoms with Crippen LogP contribution in [0, 0.1) is 0 Å². The topological polar surface area (TPSA) is 82.1 Å². The Kier molecular flexibility index (Phi) is 7.18. The molecule has 0 fully saturated rings. The number of carbonyl (C=O) groups is 2. The van der Waals surface area contributed by atoms with Gasteiger partial charge in [0, 0.05) is 0 Å². The van der Waals surface area contributed by atoms with Crippen LogP contribution >= 0.6 is 0 Å². The zero-order valence-corrected chi connectivity index (χ0v) is 12.4. The van der Waals surface area contributed by atoms with Gasteiger partial charge in [-0.1, -0.05) is 0 Å². The Balaban J connectivity index is 5.19. The molecule has 0 spiro atoms. The van der Waals surface area contributed by atoms with Gasteiger partial charge in [-0.05, 0) is 41.5 Å². The van der Waals surface area contributed by atoms with Crippen molar-refractivity contribution >= 4 is 11.8 Å². The van der Waals surface area contributed by atoms with E-state index in [0.717, 1.165) is 0 Å². The van der Waals surface area contributed by atoms with Gasteiger partial charge in [-0.2, -0.15) is 0 Å². The predicted octanol–water partition coefficient (Wildman–Crippen LogP) is 1.61. The van der Waals surface area contributed by atoms with E-state index in [0.29, 0.717) is 0 Å². The van der Waals surface area contributed by atoms with Crippen molar-refractivity contribution in [1.82, 2.24) is 0 Å². The minimum Gasteiger partial charge on any atom is -0.477 e. The van der Waals surface area contributed by atoms with E-state index >= 15 is 0 Å². The van der Waals surface area contributed by atoms with Gasteiger partial charge in [0.1, 0.15) is 6.61 Å². The number of ether oxygens (including phenoxy) is 3. The third-order valence-corrected chi connectivity index (χ3v) is 2.00. The van der Waals surface area contributed by atoms with E-state index in [1.54, 1.807) is 41.5 Å². The summed E-state index contributed by atoms with van der Waals surface area (Å²) in [6, 6.07) is 0. The molecular formula is C13H24O6. The Morgan fingerprint density at radius 2 is 1.37 bits per heavy atom. The van der Waals surface area contributed by atoms with E-state index in [9.17, 15) is 14.7 Å². The molecule has 0 amide bonds. The molecule has 0 bridgehead atoms. The summed E-state index contributed by atoms with van der Waals surface area (Å²) < 4.78 is 15.7. The maximum absolute atomic E-state index is 12.1. The summed E-state index contributed by atoms with van der Waals surface area (Å²) in [6.45, 7) is 9.68. The number of carboxylic acids is 1. The van der Waals surface area contributed by atoms with Crippen LogP contribution in [0.5, 0.6) is 0 Å². The van der Waals surface area contributed by atoms with Gasteiger partial charge >= 0.3 is 11.8 Å². The van der Waals surface area contributed by atoms with Crippen molar-refractivity contribution in [1.29, 1.82) is 0 Å². The SMILES string of the molecule is CC(C)OCC(=O)C(OC(C)C)(OC(C)C)C(=O)O. The number of Topliss-reactive ketones (excluding diaryl/α,β-unsaturated/α-hetero) is 1. The lowest BCUT2D eigenvalue weighted by molar-refractivity contribution is -0.258. The molecule has 6 nitrogen and oxygen atoms in total. The fraction of sp³-hybridized carbons (Fsp3) is 0.846. The Labute approximate surface area is 114 Å². The van der Waals surface area contributed by atoms with Gasteiger partial charge < -0.3 is 19.3 Å². The maximum atomic E-state index is 12.1. The lowest BCUT2D eigenvalue weighted by Gasteiger charge is -2.31. The molecule has 112 valence electrons. The molecule has 6 heteroatoms. The van der Waals surface area contributed by atoms with Gasteiger partial charge in [0.15, 0.2) is 0 Å². The number of carboxylic acid groups (broad SMARTS) is 1. The maximum Gasteiger partial charge on any atom is 0.373 e. The van der Waals surface area contributed by atoms with Gasteiger partial charge in [-0.3, -0.25) is 4.79 Å². The number of hydrogen-bond acceptors (Lipinski definition) is 5. The zero-order valence-electron chi connectivity index (χ0n) is 12.4. The van der Waals surface area contributed by atoms with Gasteiger partial charge in [0.05, 0.1) is 18.3 Å². The Morgan fingerprint density at radius 1 is 0.947 bits per heavy atom. The number of hydrogen-bond donors (Lipinski definition) is 1. The lowest BCUT2D eigenvalue weighted by atomic mass is 10.1. The second-order valence-corrected chi connectivity index (χ2v) is 5.04. The van der Waals surface area contributed by atoms with Crippen molar-refractivity contribution in [2.75, 3.05) is 6.61 Å². The molecular weight excluding hydrogens is 252 g/mol. The fourth-order valence-corrected chi connectivity index (χ4v) is 1.38. The lowest BCUT2D eigenvalue weighted by Crippen LogP contribution is -2.55. The highest BCUT2D eigenvalue weighted by atomic mass is 16.7. The van der Waals surface area contributed by atoms with Gasteiger partial charge in [-0.25, -0.2) is 4.79 Å². The second kappa shape index (κ2) is 7.57. The Bertz CT molecular complexity index is 298. The second-order valence-electron chi connectivity index (χ2n) is 5.04. The molecule has 0 aromatic heterocycles. The van der Waals surface area contributed by atoms with Gasteiger partial charge in [0.25, 0.3) is 0 Å². The fourth-order valence-electron chi connectivity index (χ4n) is 1.38. The molecule has 19 heavy (non-hydrogen) atoms. The first-order chi connectivity index (χ1) is 8.61. The van der Waals surface area contributed by atoms with E-state index in [-0.39, 0.29) is 12.7 Å². The van der Waals surface area contributed by atoms with Crippen molar-refractivity contribution < 1.29 is 28.9 Å². The summed E-state index contributed by atoms with van der Waals surface area (Å²) in [5.41, 5.74) is 0. The standard InChI is InChI=1S/C13H24O6/c1-8(2)17-7-11(14)13(12(15)16,18-9(3)4)19-10(5)6/h8-10H,7H2,1-6H3,(H,15,16). The average Bonchev–Trinajstić information content (AvgIpc) is 2.22. The number of aliphatic carboxylic acids is 1. The van der Waals surface area contributed by atoms with Crippen LogP contribution in [-0.4, -0.2) is 47.6 Å². The highest BCUT2D eigenvalue weighted by molar-refractivity contribution is 6.05. The number of ketones is 1. The van der Waals surface area contributed by atoms with Crippen LogP contribution in [0.2, 0.25) is 0 Å². The third kappa shape index (κ3) is 5.67. The summed E-state index contributed by atoms with van der Waals surface area (Å²) in [4.78, 5) is 23.6. The summed E-state index contributed by atoms with van der Waals surface area (Å²) in [6.07, 6.45) is -1.13. The summed E-state index contributed by atoms with van der Waals surface area (Å²) >= 11 is 0. The minimum absolute atomic E-state index is 0.187. The Hall–Kier alpha value is -0.980. The zero-order chi connectivity index (χ0) is 15.2. The van der Waals surface area contributed by atoms with E-state index in [2.05, 4.69) is 0 Å². The highest BCUT2D eigenvalue weighted by Crippen LogP contribution is 2.21. The summed E-state index contributed by atoms with van der Waals surface area (Å²) in [5, 5.41) is 9.33. The molecule has 0 heterocycles. The van der Waals surface area contributed by atoms with Crippen LogP contribution in [0.3, 0.4) is 0 Å². The Morgan fingerprint density at radius 3 is 1.63 bits per heavy atom. The van der Waals surface area contributed by atoms with Crippen LogP contribution in [0.4, 0.5) is 0 Å². The van der Waals surface area contributed by atoms with E-state index in [4.69, 9.17) is 14.2 Å². The molecule has 0 aliphatic carbocycles. The smallest absolute Gasteiger partial charge is 0.373 e. The first-order valence-corrected chi connectivity index (χ1v) is 6.35. The molecule has 1 N–H and O–H groups in total. The first-order valence-electron chi connectivity index (χ1n) is 6.35. The summed E-state index contributed by atoms with van der Waals surface area (Å²) in [5.74, 6) is -4.53. The quantitative estimate of drug-likeness (QED) is 0.509. The monoisotopic (exact) mass is 276 g/mol. The average molecular weight is 276 g/mol. The van der Waals surface area contributed by atoms with Crippen LogP contribution in [0.25, 0.3) is 0 Å². The van der Waals surface area contributed by atoms with Crippen molar-refractivity contribution in [3.8, 4) is 0 Å². The molecule has 0 saturated heterocycles. The molecule has 0 saturated carbocycles. The highest BCUT2D eigenvalue weighted by Gasteiger charge is 2.50. The van der Waals surface area contributed by atoms with Crippen LogP contribution < -0.4 is 0 Å². The predicted molar refractivity (Wildman–Crippen MR) is 68.9 cm³/mol. The van der Waals surface area contributed by atoms with Crippen LogP contribution in [0.15, 0.2) is 0 Å². The normalized spacial score (nSPS) is 12.5. The molecule has 0 aliphatic heterocycles. The van der Waals surface area contributed by atoms with Crippen LogP contribution in [0.1, 0.15) is 41.5 Å². The molecule has 0 atom stereocenters. The van der Waals surface area contributed by atoms with E-state index < -0.39 is 29.7 Å². The third-order valence-electron chi connectivity index (χ3n) is 2.00. The van der Waals surface area contributed by atoms with Crippen molar-refractivity contribution in [2.45, 2.75) is 65.6 Å². The number of carbonyl (C=O) groups excluding carboxylic acids is 1. The van der Waals surface area contributed by atoms with Gasteiger partial charge in [-0.15, -0.1) is 0 Å². The molecule has 0 unspecified atom stereocenters. The van der Waals surface area contributed by atoms with Gasteiger partial charge in [0.2, 0.25) is 5.78 Å². The molecule has 0 rings (SSSR count). The molecule has 0 radical (unpaired) electrons. The van der Waals surface area contributed by atoms with Crippen LogP contribution in [-0.2, 0) is 23.8 Å². The van der Waals surface area contributed by atoms with Crippen molar-refractivity contribution in [3.63, 3.8) is 0 Å². The van der Waals surface area contributed by atoms with Crippen molar-refractivity contribution in [2.24, 2.45) is 0 Å². The number of rotatable bonds is 9. The summed E-state index contributed by atoms with van der Waals surface area (Å²) in [7, 11) is 0. The van der Waals surface area contributed by atoms with E-state index in [1.807, 2.05) is 0 Å². The van der Waals surface area contributed by atoms with E-state index in [1.165, 1.54) is 0 Å². The molecule has 0 aromatic rings. The minimum atomic E-state index is -2.31. The molecule has 0 aliphatic rings. The first kappa shape index (κ1) is 18.0. The largest absolute Gasteiger partial charge is 0.477 e. The van der Waals surface area contributed by atoms with Crippen molar-refractivity contribution in [3.05, 3.63) is 0 Å². The molecule has 0 aromatic carbocycles.